The maximum absolute atomic E-state index is 12.8. The third-order valence-electron chi connectivity index (χ3n) is 2.46. The number of ether oxygens (including phenoxy) is 1. The van der Waals surface area contributed by atoms with Crippen LogP contribution in [0.3, 0.4) is 0 Å². The van der Waals surface area contributed by atoms with Crippen molar-refractivity contribution in [1.29, 1.82) is 0 Å². The van der Waals surface area contributed by atoms with Gasteiger partial charge in [-0.3, -0.25) is 10.1 Å². The lowest BCUT2D eigenvalue weighted by Crippen LogP contribution is -2.47. The Morgan fingerprint density at radius 3 is 2.52 bits per heavy atom. The molecule has 0 saturated carbocycles. The number of methoxy groups -OCH3 is 1. The van der Waals surface area contributed by atoms with Gasteiger partial charge in [-0.15, -0.1) is 0 Å². The summed E-state index contributed by atoms with van der Waals surface area (Å²) in [7, 11) is 1.35. The van der Waals surface area contributed by atoms with E-state index in [2.05, 4.69) is 4.98 Å². The smallest absolute Gasteiger partial charge is 0.463 e. The van der Waals surface area contributed by atoms with Gasteiger partial charge in [-0.25, -0.2) is 4.98 Å². The van der Waals surface area contributed by atoms with E-state index in [1.807, 2.05) is 0 Å². The van der Waals surface area contributed by atoms with Gasteiger partial charge in [0.15, 0.2) is 5.13 Å². The van der Waals surface area contributed by atoms with Crippen LogP contribution in [-0.2, 0) is 4.79 Å². The lowest BCUT2D eigenvalue weighted by molar-refractivity contribution is -0.267. The zero-order chi connectivity index (χ0) is 15.8. The number of thiazole rings is 1. The Balaban J connectivity index is 2.31. The third kappa shape index (κ3) is 2.75. The Kier molecular flexibility index (Phi) is 3.74. The zero-order valence-corrected chi connectivity index (χ0v) is 11.1. The number of carbonyl (C=O) groups excluding carboxylic acids is 1. The van der Waals surface area contributed by atoms with Crippen molar-refractivity contribution in [2.75, 3.05) is 12.4 Å². The Morgan fingerprint density at radius 1 is 1.29 bits per heavy atom. The van der Waals surface area contributed by atoms with Crippen molar-refractivity contribution in [3.05, 3.63) is 18.2 Å². The molecule has 0 aliphatic rings. The summed E-state index contributed by atoms with van der Waals surface area (Å²) in [6.07, 6.45) is -5.97. The normalized spacial score (nSPS) is 12.5. The van der Waals surface area contributed by atoms with Crippen LogP contribution in [0.1, 0.15) is 0 Å². The van der Waals surface area contributed by atoms with Crippen molar-refractivity contribution in [2.24, 2.45) is 0 Å². The summed E-state index contributed by atoms with van der Waals surface area (Å²) in [5.74, 6) is -7.66. The molecule has 1 heterocycles. The van der Waals surface area contributed by atoms with Gasteiger partial charge < -0.3 is 4.74 Å². The standard InChI is InChI=1S/C11H7F5N2O2S/c1-20-5-3-2-4-6-7(5)17-9(21-6)18-8(19)10(12,13)11(14,15)16/h2-4H,1H3,(H,17,18,19). The van der Waals surface area contributed by atoms with Gasteiger partial charge in [-0.05, 0) is 12.1 Å². The van der Waals surface area contributed by atoms with Gasteiger partial charge in [0.05, 0.1) is 11.8 Å². The molecule has 1 N–H and O–H groups in total. The second-order valence-electron chi connectivity index (χ2n) is 3.85. The van der Waals surface area contributed by atoms with Crippen molar-refractivity contribution in [3.8, 4) is 5.75 Å². The molecule has 21 heavy (non-hydrogen) atoms. The quantitative estimate of drug-likeness (QED) is 0.879. The minimum absolute atomic E-state index is 0.260. The number of benzene rings is 1. The van der Waals surface area contributed by atoms with Gasteiger partial charge >= 0.3 is 18.0 Å². The Labute approximate surface area is 118 Å². The van der Waals surface area contributed by atoms with Crippen LogP contribution < -0.4 is 10.1 Å². The highest BCUT2D eigenvalue weighted by Gasteiger charge is 2.63. The van der Waals surface area contributed by atoms with Crippen molar-refractivity contribution in [3.63, 3.8) is 0 Å². The van der Waals surface area contributed by atoms with E-state index < -0.39 is 18.0 Å². The number of anilines is 1. The Bertz CT molecular complexity index is 683. The van der Waals surface area contributed by atoms with Crippen molar-refractivity contribution >= 4 is 32.6 Å². The predicted octanol–water partition coefficient (Wildman–Crippen LogP) is 3.44. The minimum Gasteiger partial charge on any atom is -0.494 e. The van der Waals surface area contributed by atoms with E-state index in [9.17, 15) is 26.7 Å². The van der Waals surface area contributed by atoms with Gasteiger partial charge in [0.2, 0.25) is 0 Å². The largest absolute Gasteiger partial charge is 0.494 e. The molecule has 1 aromatic carbocycles. The van der Waals surface area contributed by atoms with Gasteiger partial charge in [0.1, 0.15) is 11.3 Å². The van der Waals surface area contributed by atoms with Crippen molar-refractivity contribution in [2.45, 2.75) is 12.1 Å². The number of para-hydroxylation sites is 1. The summed E-state index contributed by atoms with van der Waals surface area (Å²) in [6, 6.07) is 4.69. The number of amides is 1. The molecule has 2 rings (SSSR count). The lowest BCUT2D eigenvalue weighted by Gasteiger charge is -2.17. The molecule has 0 fully saturated rings. The van der Waals surface area contributed by atoms with E-state index in [4.69, 9.17) is 4.74 Å². The number of carbonyl (C=O) groups is 1. The van der Waals surface area contributed by atoms with Crippen LogP contribution in [0.25, 0.3) is 10.2 Å². The molecule has 0 saturated heterocycles. The molecule has 0 aliphatic heterocycles. The van der Waals surface area contributed by atoms with E-state index in [-0.39, 0.29) is 10.6 Å². The van der Waals surface area contributed by atoms with Crippen LogP contribution in [0.15, 0.2) is 18.2 Å². The third-order valence-corrected chi connectivity index (χ3v) is 3.40. The predicted molar refractivity (Wildman–Crippen MR) is 65.8 cm³/mol. The molecule has 0 atom stereocenters. The summed E-state index contributed by atoms with van der Waals surface area (Å²) >= 11 is 0.758. The molecular formula is C11H7F5N2O2S. The average molecular weight is 326 g/mol. The summed E-state index contributed by atoms with van der Waals surface area (Å²) in [5.41, 5.74) is 0.260. The number of alkyl halides is 5. The fourth-order valence-corrected chi connectivity index (χ4v) is 2.32. The average Bonchev–Trinajstić information content (AvgIpc) is 2.79. The van der Waals surface area contributed by atoms with E-state index in [1.165, 1.54) is 18.5 Å². The minimum atomic E-state index is -5.97. The molecule has 10 heteroatoms. The van der Waals surface area contributed by atoms with E-state index in [1.54, 1.807) is 12.1 Å². The van der Waals surface area contributed by atoms with E-state index >= 15 is 0 Å². The number of hydrogen-bond donors (Lipinski definition) is 1. The Morgan fingerprint density at radius 2 is 1.95 bits per heavy atom. The summed E-state index contributed by atoms with van der Waals surface area (Å²) < 4.78 is 67.3. The molecule has 1 aromatic heterocycles. The molecule has 1 amide bonds. The molecule has 4 nitrogen and oxygen atoms in total. The first-order valence-corrected chi connectivity index (χ1v) is 6.18. The number of fused-ring (bicyclic) bond motifs is 1. The lowest BCUT2D eigenvalue weighted by atomic mass is 10.3. The van der Waals surface area contributed by atoms with Gasteiger partial charge in [0, 0.05) is 0 Å². The zero-order valence-electron chi connectivity index (χ0n) is 10.3. The molecule has 0 unspecified atom stereocenters. The monoisotopic (exact) mass is 326 g/mol. The van der Waals surface area contributed by atoms with Gasteiger partial charge in [0.25, 0.3) is 0 Å². The van der Waals surface area contributed by atoms with Crippen LogP contribution >= 0.6 is 11.3 Å². The fourth-order valence-electron chi connectivity index (χ4n) is 1.45. The highest BCUT2D eigenvalue weighted by atomic mass is 32.1. The number of hydrogen-bond acceptors (Lipinski definition) is 4. The number of nitrogens with zero attached hydrogens (tertiary/aromatic N) is 1. The summed E-state index contributed by atoms with van der Waals surface area (Å²) in [5, 5.41) is 1.10. The van der Waals surface area contributed by atoms with E-state index in [0.717, 1.165) is 11.3 Å². The molecule has 0 radical (unpaired) electrons. The molecule has 0 spiro atoms. The summed E-state index contributed by atoms with van der Waals surface area (Å²) in [6.45, 7) is 0. The van der Waals surface area contributed by atoms with Crippen molar-refractivity contribution in [1.82, 2.24) is 4.98 Å². The van der Waals surface area contributed by atoms with E-state index in [0.29, 0.717) is 10.4 Å². The van der Waals surface area contributed by atoms with Gasteiger partial charge in [-0.2, -0.15) is 22.0 Å². The summed E-state index contributed by atoms with van der Waals surface area (Å²) in [4.78, 5) is 14.8. The number of halogens is 5. The van der Waals surface area contributed by atoms with Crippen LogP contribution in [-0.4, -0.2) is 30.1 Å². The SMILES string of the molecule is COc1cccc2sc(NC(=O)C(F)(F)C(F)(F)F)nc12. The molecular weight excluding hydrogens is 319 g/mol. The second-order valence-corrected chi connectivity index (χ2v) is 4.88. The highest BCUT2D eigenvalue weighted by molar-refractivity contribution is 7.22. The molecule has 114 valence electrons. The van der Waals surface area contributed by atoms with Crippen LogP contribution in [0.2, 0.25) is 0 Å². The van der Waals surface area contributed by atoms with Gasteiger partial charge in [-0.1, -0.05) is 17.4 Å². The number of nitrogens with one attached hydrogen (secondary N) is 1. The fraction of sp³-hybridized carbons (Fsp3) is 0.273. The first kappa shape index (κ1) is 15.4. The maximum atomic E-state index is 12.8. The van der Waals surface area contributed by atoms with Crippen LogP contribution in [0.4, 0.5) is 27.1 Å². The number of rotatable bonds is 3. The molecule has 0 bridgehead atoms. The first-order valence-electron chi connectivity index (χ1n) is 5.36. The first-order chi connectivity index (χ1) is 9.66. The molecule has 0 aliphatic carbocycles. The topological polar surface area (TPSA) is 51.2 Å². The molecule has 2 aromatic rings. The Hall–Kier alpha value is -1.97. The maximum Gasteiger partial charge on any atom is 0.463 e. The highest BCUT2D eigenvalue weighted by Crippen LogP contribution is 2.37. The number of aromatic nitrogens is 1. The second kappa shape index (κ2) is 5.10. The van der Waals surface area contributed by atoms with Crippen LogP contribution in [0, 0.1) is 0 Å². The van der Waals surface area contributed by atoms with Crippen molar-refractivity contribution < 1.29 is 31.5 Å². The van der Waals surface area contributed by atoms with Crippen LogP contribution in [0.5, 0.6) is 5.75 Å².